The lowest BCUT2D eigenvalue weighted by atomic mass is 10.3. The smallest absolute Gasteiger partial charge is 0.315 e. The maximum absolute atomic E-state index is 11.3. The fraction of sp³-hybridized carbons (Fsp3) is 0.917. The summed E-state index contributed by atoms with van der Waals surface area (Å²) in [5, 5.41) is 14.2. The van der Waals surface area contributed by atoms with Gasteiger partial charge in [0.25, 0.3) is 0 Å². The van der Waals surface area contributed by atoms with Crippen LogP contribution in [0.4, 0.5) is 4.79 Å². The Balaban J connectivity index is 1.90. The summed E-state index contributed by atoms with van der Waals surface area (Å²) in [6, 6.07) is -0.368. The molecule has 1 heterocycles. The Morgan fingerprint density at radius 1 is 1.35 bits per heavy atom. The van der Waals surface area contributed by atoms with E-state index in [1.54, 1.807) is 6.92 Å². The minimum Gasteiger partial charge on any atom is -0.394 e. The highest BCUT2D eigenvalue weighted by molar-refractivity contribution is 5.74. The molecule has 0 aromatic rings. The number of rotatable bonds is 7. The summed E-state index contributed by atoms with van der Waals surface area (Å²) in [6.07, 6.45) is 4.81. The lowest BCUT2D eigenvalue weighted by molar-refractivity contribution is 0.220. The second-order valence-corrected chi connectivity index (χ2v) is 4.74. The molecule has 1 unspecified atom stereocenters. The van der Waals surface area contributed by atoms with E-state index >= 15 is 0 Å². The molecule has 0 bridgehead atoms. The lowest BCUT2D eigenvalue weighted by Gasteiger charge is -2.14. The molecular formula is C12H25N3O2. The Morgan fingerprint density at radius 3 is 2.71 bits per heavy atom. The standard InChI is InChI=1S/C12H25N3O2/c1-11(10-16)14-12(17)13-6-2-3-7-15-8-4-5-9-15/h11,16H,2-10H2,1H3,(H2,13,14,17). The van der Waals surface area contributed by atoms with E-state index in [-0.39, 0.29) is 18.7 Å². The number of nitrogens with zero attached hydrogens (tertiary/aromatic N) is 1. The van der Waals surface area contributed by atoms with Gasteiger partial charge in [-0.25, -0.2) is 4.79 Å². The number of nitrogens with one attached hydrogen (secondary N) is 2. The van der Waals surface area contributed by atoms with E-state index in [0.717, 1.165) is 19.4 Å². The summed E-state index contributed by atoms with van der Waals surface area (Å²) in [6.45, 7) is 6.08. The molecule has 17 heavy (non-hydrogen) atoms. The minimum absolute atomic E-state index is 0.0254. The first-order valence-electron chi connectivity index (χ1n) is 6.60. The summed E-state index contributed by atoms with van der Waals surface area (Å²) >= 11 is 0. The third-order valence-electron chi connectivity index (χ3n) is 3.04. The monoisotopic (exact) mass is 243 g/mol. The van der Waals surface area contributed by atoms with Gasteiger partial charge in [0.05, 0.1) is 12.6 Å². The van der Waals surface area contributed by atoms with Crippen molar-refractivity contribution in [1.29, 1.82) is 0 Å². The maximum Gasteiger partial charge on any atom is 0.315 e. The van der Waals surface area contributed by atoms with Crippen LogP contribution in [0.25, 0.3) is 0 Å². The largest absolute Gasteiger partial charge is 0.394 e. The van der Waals surface area contributed by atoms with E-state index in [2.05, 4.69) is 15.5 Å². The number of unbranched alkanes of at least 4 members (excludes halogenated alkanes) is 1. The molecule has 1 atom stereocenters. The number of aliphatic hydroxyl groups excluding tert-OH is 1. The predicted molar refractivity (Wildman–Crippen MR) is 68.0 cm³/mol. The van der Waals surface area contributed by atoms with Crippen molar-refractivity contribution in [1.82, 2.24) is 15.5 Å². The van der Waals surface area contributed by atoms with Crippen molar-refractivity contribution in [3.63, 3.8) is 0 Å². The van der Waals surface area contributed by atoms with Crippen LogP contribution in [0.15, 0.2) is 0 Å². The van der Waals surface area contributed by atoms with Gasteiger partial charge < -0.3 is 20.6 Å². The van der Waals surface area contributed by atoms with Crippen molar-refractivity contribution < 1.29 is 9.90 Å². The van der Waals surface area contributed by atoms with Crippen LogP contribution >= 0.6 is 0 Å². The first-order chi connectivity index (χ1) is 8.22. The zero-order valence-corrected chi connectivity index (χ0v) is 10.7. The van der Waals surface area contributed by atoms with Gasteiger partial charge in [-0.3, -0.25) is 0 Å². The first kappa shape index (κ1) is 14.3. The molecule has 1 aliphatic rings. The number of urea groups is 1. The second-order valence-electron chi connectivity index (χ2n) is 4.74. The average molecular weight is 243 g/mol. The number of likely N-dealkylation sites (tertiary alicyclic amines) is 1. The van der Waals surface area contributed by atoms with Crippen molar-refractivity contribution in [2.45, 2.75) is 38.6 Å². The van der Waals surface area contributed by atoms with Crippen LogP contribution in [-0.4, -0.2) is 54.9 Å². The molecule has 0 saturated carbocycles. The van der Waals surface area contributed by atoms with Gasteiger partial charge in [0.2, 0.25) is 0 Å². The minimum atomic E-state index is -0.187. The average Bonchev–Trinajstić information content (AvgIpc) is 2.81. The Bertz CT molecular complexity index is 218. The fourth-order valence-corrected chi connectivity index (χ4v) is 1.99. The van der Waals surface area contributed by atoms with Gasteiger partial charge in [-0.15, -0.1) is 0 Å². The highest BCUT2D eigenvalue weighted by Gasteiger charge is 2.10. The van der Waals surface area contributed by atoms with E-state index < -0.39 is 0 Å². The van der Waals surface area contributed by atoms with Gasteiger partial charge in [-0.1, -0.05) is 0 Å². The van der Waals surface area contributed by atoms with Crippen LogP contribution < -0.4 is 10.6 Å². The summed E-state index contributed by atoms with van der Waals surface area (Å²) in [4.78, 5) is 13.8. The van der Waals surface area contributed by atoms with Crippen molar-refractivity contribution >= 4 is 6.03 Å². The number of carbonyl (C=O) groups excluding carboxylic acids is 1. The van der Waals surface area contributed by atoms with E-state index in [9.17, 15) is 4.79 Å². The Kier molecular flexibility index (Phi) is 6.96. The van der Waals surface area contributed by atoms with Gasteiger partial charge in [-0.05, 0) is 52.2 Å². The number of carbonyl (C=O) groups is 1. The molecule has 0 spiro atoms. The summed E-state index contributed by atoms with van der Waals surface area (Å²) in [5.41, 5.74) is 0. The number of hydrogen-bond acceptors (Lipinski definition) is 3. The van der Waals surface area contributed by atoms with Crippen LogP contribution in [-0.2, 0) is 0 Å². The predicted octanol–water partition coefficient (Wildman–Crippen LogP) is 0.542. The Morgan fingerprint density at radius 2 is 2.06 bits per heavy atom. The van der Waals surface area contributed by atoms with Crippen molar-refractivity contribution in [2.24, 2.45) is 0 Å². The van der Waals surface area contributed by atoms with Gasteiger partial charge in [-0.2, -0.15) is 0 Å². The molecule has 100 valence electrons. The third kappa shape index (κ3) is 6.48. The lowest BCUT2D eigenvalue weighted by Crippen LogP contribution is -2.42. The molecule has 0 aliphatic carbocycles. The maximum atomic E-state index is 11.3. The van der Waals surface area contributed by atoms with Crippen molar-refractivity contribution in [3.8, 4) is 0 Å². The normalized spacial score (nSPS) is 18.0. The molecule has 1 saturated heterocycles. The first-order valence-corrected chi connectivity index (χ1v) is 6.60. The van der Waals surface area contributed by atoms with Crippen LogP contribution in [0, 0.1) is 0 Å². The van der Waals surface area contributed by atoms with Gasteiger partial charge in [0, 0.05) is 6.54 Å². The second kappa shape index (κ2) is 8.31. The van der Waals surface area contributed by atoms with Crippen LogP contribution in [0.3, 0.4) is 0 Å². The molecule has 2 amide bonds. The van der Waals surface area contributed by atoms with Gasteiger partial charge in [0.1, 0.15) is 0 Å². The fourth-order valence-electron chi connectivity index (χ4n) is 1.99. The molecule has 3 N–H and O–H groups in total. The number of amides is 2. The highest BCUT2D eigenvalue weighted by atomic mass is 16.3. The van der Waals surface area contributed by atoms with E-state index in [1.807, 2.05) is 0 Å². The summed E-state index contributed by atoms with van der Waals surface area (Å²) < 4.78 is 0. The summed E-state index contributed by atoms with van der Waals surface area (Å²) in [5.74, 6) is 0. The molecule has 1 fully saturated rings. The van der Waals surface area contributed by atoms with Crippen molar-refractivity contribution in [2.75, 3.05) is 32.8 Å². The molecule has 1 aliphatic heterocycles. The molecule has 0 aromatic heterocycles. The van der Waals surface area contributed by atoms with E-state index in [4.69, 9.17) is 5.11 Å². The molecule has 0 aromatic carbocycles. The zero-order valence-electron chi connectivity index (χ0n) is 10.7. The summed E-state index contributed by atoms with van der Waals surface area (Å²) in [7, 11) is 0. The molecular weight excluding hydrogens is 218 g/mol. The van der Waals surface area contributed by atoms with Crippen LogP contribution in [0.2, 0.25) is 0 Å². The number of aliphatic hydroxyl groups is 1. The molecule has 5 heteroatoms. The molecule has 5 nitrogen and oxygen atoms in total. The van der Waals surface area contributed by atoms with Crippen molar-refractivity contribution in [3.05, 3.63) is 0 Å². The van der Waals surface area contributed by atoms with Gasteiger partial charge >= 0.3 is 6.03 Å². The quantitative estimate of drug-likeness (QED) is 0.572. The van der Waals surface area contributed by atoms with Crippen LogP contribution in [0.5, 0.6) is 0 Å². The topological polar surface area (TPSA) is 64.6 Å². The third-order valence-corrected chi connectivity index (χ3v) is 3.04. The number of hydrogen-bond donors (Lipinski definition) is 3. The SMILES string of the molecule is CC(CO)NC(=O)NCCCCN1CCCC1. The molecule has 0 radical (unpaired) electrons. The van der Waals surface area contributed by atoms with E-state index in [0.29, 0.717) is 6.54 Å². The highest BCUT2D eigenvalue weighted by Crippen LogP contribution is 2.07. The van der Waals surface area contributed by atoms with Gasteiger partial charge in [0.15, 0.2) is 0 Å². The van der Waals surface area contributed by atoms with Crippen LogP contribution in [0.1, 0.15) is 32.6 Å². The Labute approximate surface area is 104 Å². The zero-order chi connectivity index (χ0) is 12.5. The molecule has 1 rings (SSSR count). The Hall–Kier alpha value is -0.810. The van der Waals surface area contributed by atoms with E-state index in [1.165, 1.54) is 25.9 Å².